The Morgan fingerprint density at radius 3 is 2.28 bits per heavy atom. The molecule has 5 nitrogen and oxygen atoms in total. The molecule has 9 heteroatoms. The van der Waals surface area contributed by atoms with Crippen molar-refractivity contribution in [3.63, 3.8) is 0 Å². The van der Waals surface area contributed by atoms with E-state index in [4.69, 9.17) is 5.73 Å². The molecule has 0 bridgehead atoms. The fourth-order valence-electron chi connectivity index (χ4n) is 4.03. The van der Waals surface area contributed by atoms with Crippen LogP contribution in [-0.4, -0.2) is 37.7 Å². The van der Waals surface area contributed by atoms with E-state index in [0.29, 0.717) is 19.0 Å². The standard InChI is InChI=1S/C20H21F3N2O3S/c21-20(22,23)28-16-6-8-17(9-7-16)29(26,27)25-12-14(13-25)10-19(24)11-18(19)15-4-2-1-3-5-15/h1-9,14,18H,10-13,24H2. The van der Waals surface area contributed by atoms with E-state index in [1.54, 1.807) is 0 Å². The number of hydrogen-bond acceptors (Lipinski definition) is 4. The van der Waals surface area contributed by atoms with Crippen LogP contribution in [0, 0.1) is 5.92 Å². The van der Waals surface area contributed by atoms with Crippen molar-refractivity contribution in [3.8, 4) is 5.75 Å². The van der Waals surface area contributed by atoms with Crippen LogP contribution in [-0.2, 0) is 10.0 Å². The zero-order valence-electron chi connectivity index (χ0n) is 15.5. The first-order valence-corrected chi connectivity index (χ1v) is 10.7. The Morgan fingerprint density at radius 2 is 1.69 bits per heavy atom. The van der Waals surface area contributed by atoms with Crippen LogP contribution >= 0.6 is 0 Å². The van der Waals surface area contributed by atoms with Crippen LogP contribution < -0.4 is 10.5 Å². The molecule has 1 saturated heterocycles. The van der Waals surface area contributed by atoms with Crippen LogP contribution in [0.4, 0.5) is 13.2 Å². The molecule has 0 amide bonds. The maximum Gasteiger partial charge on any atom is 0.573 e. The van der Waals surface area contributed by atoms with E-state index in [1.165, 1.54) is 9.87 Å². The zero-order chi connectivity index (χ0) is 20.9. The molecule has 1 aliphatic heterocycles. The monoisotopic (exact) mass is 426 g/mol. The lowest BCUT2D eigenvalue weighted by Crippen LogP contribution is -2.51. The third-order valence-corrected chi connectivity index (χ3v) is 7.45. The normalized spacial score (nSPS) is 25.4. The number of rotatable bonds is 6. The topological polar surface area (TPSA) is 72.6 Å². The Morgan fingerprint density at radius 1 is 1.07 bits per heavy atom. The Bertz CT molecular complexity index is 974. The second-order valence-electron chi connectivity index (χ2n) is 7.81. The molecule has 2 unspecified atom stereocenters. The first-order chi connectivity index (χ1) is 13.6. The van der Waals surface area contributed by atoms with Crippen molar-refractivity contribution in [2.24, 2.45) is 11.7 Å². The second kappa shape index (κ2) is 7.00. The lowest BCUT2D eigenvalue weighted by molar-refractivity contribution is -0.274. The number of halogens is 3. The van der Waals surface area contributed by atoms with Crippen molar-refractivity contribution in [2.75, 3.05) is 13.1 Å². The Kier molecular flexibility index (Phi) is 4.87. The van der Waals surface area contributed by atoms with Gasteiger partial charge in [-0.2, -0.15) is 4.31 Å². The van der Waals surface area contributed by atoms with Crippen molar-refractivity contribution >= 4 is 10.0 Å². The lowest BCUT2D eigenvalue weighted by atomic mass is 9.91. The van der Waals surface area contributed by atoms with E-state index in [1.807, 2.05) is 18.2 Å². The molecule has 2 atom stereocenters. The minimum absolute atomic E-state index is 0.0541. The summed E-state index contributed by atoms with van der Waals surface area (Å²) in [5, 5.41) is 0. The van der Waals surface area contributed by atoms with Crippen LogP contribution in [0.5, 0.6) is 5.75 Å². The molecule has 0 aromatic heterocycles. The van der Waals surface area contributed by atoms with Gasteiger partial charge in [-0.3, -0.25) is 0 Å². The Hall–Kier alpha value is -2.10. The Balaban J connectivity index is 1.33. The highest BCUT2D eigenvalue weighted by Crippen LogP contribution is 2.53. The summed E-state index contributed by atoms with van der Waals surface area (Å²) in [4.78, 5) is -0.0541. The van der Waals surface area contributed by atoms with E-state index in [9.17, 15) is 21.6 Å². The largest absolute Gasteiger partial charge is 0.573 e. The Labute approximate surface area is 167 Å². The third-order valence-electron chi connectivity index (χ3n) is 5.61. The quantitative estimate of drug-likeness (QED) is 0.768. The average Bonchev–Trinajstić information content (AvgIpc) is 3.29. The van der Waals surface area contributed by atoms with Crippen LogP contribution in [0.1, 0.15) is 24.3 Å². The average molecular weight is 426 g/mol. The number of sulfonamides is 1. The minimum atomic E-state index is -4.82. The molecule has 1 heterocycles. The number of ether oxygens (including phenoxy) is 1. The molecular weight excluding hydrogens is 405 g/mol. The van der Waals surface area contributed by atoms with Gasteiger partial charge in [-0.15, -0.1) is 13.2 Å². The van der Waals surface area contributed by atoms with Gasteiger partial charge in [0.15, 0.2) is 0 Å². The highest BCUT2D eigenvalue weighted by atomic mass is 32.2. The summed E-state index contributed by atoms with van der Waals surface area (Å²) in [5.41, 5.74) is 7.41. The van der Waals surface area contributed by atoms with Crippen molar-refractivity contribution in [2.45, 2.75) is 35.6 Å². The number of nitrogens with zero attached hydrogens (tertiary/aromatic N) is 1. The van der Waals surface area contributed by atoms with Crippen molar-refractivity contribution in [3.05, 3.63) is 60.2 Å². The van der Waals surface area contributed by atoms with Crippen molar-refractivity contribution < 1.29 is 26.3 Å². The molecule has 1 aliphatic carbocycles. The molecule has 2 fully saturated rings. The van der Waals surface area contributed by atoms with Crippen LogP contribution in [0.15, 0.2) is 59.5 Å². The van der Waals surface area contributed by atoms with Gasteiger partial charge in [0, 0.05) is 24.5 Å². The molecule has 2 aliphatic rings. The van der Waals surface area contributed by atoms with Gasteiger partial charge in [0.1, 0.15) is 5.75 Å². The maximum absolute atomic E-state index is 12.7. The summed E-state index contributed by atoms with van der Waals surface area (Å²) in [7, 11) is -3.74. The summed E-state index contributed by atoms with van der Waals surface area (Å²) < 4.78 is 67.1. The third kappa shape index (κ3) is 4.26. The van der Waals surface area contributed by atoms with Gasteiger partial charge >= 0.3 is 6.36 Å². The first-order valence-electron chi connectivity index (χ1n) is 9.27. The second-order valence-corrected chi connectivity index (χ2v) is 9.75. The predicted octanol–water partition coefficient (Wildman–Crippen LogP) is 3.48. The molecule has 2 N–H and O–H groups in total. The zero-order valence-corrected chi connectivity index (χ0v) is 16.3. The van der Waals surface area contributed by atoms with Gasteiger partial charge in [-0.05, 0) is 48.6 Å². The molecule has 1 saturated carbocycles. The molecular formula is C20H21F3N2O3S. The highest BCUT2D eigenvalue weighted by molar-refractivity contribution is 7.89. The maximum atomic E-state index is 12.7. The van der Waals surface area contributed by atoms with E-state index in [0.717, 1.165) is 37.1 Å². The number of alkyl halides is 3. The first kappa shape index (κ1) is 20.2. The fraction of sp³-hybridized carbons (Fsp3) is 0.400. The van der Waals surface area contributed by atoms with Crippen molar-refractivity contribution in [1.29, 1.82) is 0 Å². The molecule has 0 radical (unpaired) electrons. The molecule has 2 aromatic carbocycles. The van der Waals surface area contributed by atoms with E-state index < -0.39 is 22.1 Å². The SMILES string of the molecule is NC1(CC2CN(S(=O)(=O)c3ccc(OC(F)(F)F)cc3)C2)CC1c1ccccc1. The molecule has 2 aromatic rings. The fourth-order valence-corrected chi connectivity index (χ4v) is 5.62. The number of hydrogen-bond donors (Lipinski definition) is 1. The van der Waals surface area contributed by atoms with Gasteiger partial charge in [0.05, 0.1) is 4.90 Å². The van der Waals surface area contributed by atoms with Crippen LogP contribution in [0.3, 0.4) is 0 Å². The lowest BCUT2D eigenvalue weighted by Gasteiger charge is -2.39. The van der Waals surface area contributed by atoms with Gasteiger partial charge in [0.25, 0.3) is 0 Å². The molecule has 156 valence electrons. The van der Waals surface area contributed by atoms with Crippen molar-refractivity contribution in [1.82, 2.24) is 4.31 Å². The van der Waals surface area contributed by atoms with Gasteiger partial charge in [0.2, 0.25) is 10.0 Å². The number of nitrogens with two attached hydrogens (primary N) is 1. The van der Waals surface area contributed by atoms with Crippen LogP contribution in [0.25, 0.3) is 0 Å². The summed E-state index contributed by atoms with van der Waals surface area (Å²) in [6.45, 7) is 0.729. The van der Waals surface area contributed by atoms with Gasteiger partial charge < -0.3 is 10.5 Å². The molecule has 4 rings (SSSR count). The summed E-state index contributed by atoms with van der Waals surface area (Å²) >= 11 is 0. The summed E-state index contributed by atoms with van der Waals surface area (Å²) in [6, 6.07) is 14.3. The van der Waals surface area contributed by atoms with Crippen LogP contribution in [0.2, 0.25) is 0 Å². The minimum Gasteiger partial charge on any atom is -0.406 e. The van der Waals surface area contributed by atoms with E-state index in [2.05, 4.69) is 16.9 Å². The highest BCUT2D eigenvalue weighted by Gasteiger charge is 2.54. The summed E-state index contributed by atoms with van der Waals surface area (Å²) in [5.74, 6) is 0.0237. The smallest absolute Gasteiger partial charge is 0.406 e. The summed E-state index contributed by atoms with van der Waals surface area (Å²) in [6.07, 6.45) is -3.18. The number of benzene rings is 2. The van der Waals surface area contributed by atoms with E-state index in [-0.39, 0.29) is 16.4 Å². The molecule has 0 spiro atoms. The van der Waals surface area contributed by atoms with E-state index >= 15 is 0 Å². The van der Waals surface area contributed by atoms with Gasteiger partial charge in [-0.1, -0.05) is 30.3 Å². The predicted molar refractivity (Wildman–Crippen MR) is 101 cm³/mol. The molecule has 29 heavy (non-hydrogen) atoms. The van der Waals surface area contributed by atoms with Gasteiger partial charge in [-0.25, -0.2) is 8.42 Å².